The van der Waals surface area contributed by atoms with Gasteiger partial charge in [-0.2, -0.15) is 0 Å². The molecule has 4 N–H and O–H groups in total. The summed E-state index contributed by atoms with van der Waals surface area (Å²) in [6.07, 6.45) is 12.5. The first-order valence-electron chi connectivity index (χ1n) is 11.8. The van der Waals surface area contributed by atoms with E-state index >= 15 is 0 Å². The molecule has 27 heavy (non-hydrogen) atoms. The third kappa shape index (κ3) is 2.25. The molecule has 0 aromatic carbocycles. The molecule has 0 aromatic heterocycles. The second-order valence-electron chi connectivity index (χ2n) is 11.5. The van der Waals surface area contributed by atoms with Crippen molar-refractivity contribution in [2.75, 3.05) is 26.7 Å². The quantitative estimate of drug-likeness (QED) is 0.741. The van der Waals surface area contributed by atoms with Gasteiger partial charge in [0.15, 0.2) is 0 Å². The van der Waals surface area contributed by atoms with Gasteiger partial charge >= 0.3 is 0 Å². The van der Waals surface area contributed by atoms with E-state index in [0.717, 1.165) is 36.2 Å². The zero-order valence-electron chi connectivity index (χ0n) is 17.1. The van der Waals surface area contributed by atoms with Gasteiger partial charge in [-0.05, 0) is 118 Å². The van der Waals surface area contributed by atoms with Crippen LogP contribution in [0.4, 0.5) is 0 Å². The van der Waals surface area contributed by atoms with Crippen LogP contribution in [0.1, 0.15) is 57.8 Å². The Balaban J connectivity index is 1.25. The molecule has 0 radical (unpaired) electrons. The lowest BCUT2D eigenvalue weighted by Crippen LogP contribution is -2.57. The van der Waals surface area contributed by atoms with Crippen molar-refractivity contribution in [2.24, 2.45) is 51.9 Å². The highest BCUT2D eigenvalue weighted by Crippen LogP contribution is 2.66. The number of nitrogens with two attached hydrogens (primary N) is 2. The second-order valence-corrected chi connectivity index (χ2v) is 11.5. The van der Waals surface area contributed by atoms with E-state index in [1.807, 2.05) is 0 Å². The van der Waals surface area contributed by atoms with E-state index in [2.05, 4.69) is 11.9 Å². The van der Waals surface area contributed by atoms with Gasteiger partial charge in [0.25, 0.3) is 0 Å². The molecular formula is C23H39N3O. The van der Waals surface area contributed by atoms with Gasteiger partial charge in [0, 0.05) is 18.7 Å². The molecule has 4 saturated carbocycles. The molecule has 152 valence electrons. The van der Waals surface area contributed by atoms with E-state index in [4.69, 9.17) is 16.2 Å². The minimum absolute atomic E-state index is 0.408. The van der Waals surface area contributed by atoms with E-state index in [1.54, 1.807) is 0 Å². The highest BCUT2D eigenvalue weighted by molar-refractivity contribution is 5.16. The van der Waals surface area contributed by atoms with Crippen molar-refractivity contribution in [2.45, 2.75) is 76.0 Å². The standard InChI is InChI=1S/C23H39N3O/c1-26-7-4-22(5-8-26)18-12-15(21(22)25)11-17(18)19-13-23(6-9-27-19)16-3-2-14(10-16)20(23)24/h14-21H,2-13,24-25H2,1H3/t14-,15-,16?,17?,18?,19?,20-,21-,23?/m1/s1. The van der Waals surface area contributed by atoms with Crippen LogP contribution in [0.25, 0.3) is 0 Å². The Hall–Kier alpha value is -0.160. The Bertz CT molecular complexity index is 598. The second kappa shape index (κ2) is 5.93. The number of piperidine rings is 1. The van der Waals surface area contributed by atoms with Crippen LogP contribution in [-0.2, 0) is 4.74 Å². The summed E-state index contributed by atoms with van der Waals surface area (Å²) in [5, 5.41) is 0. The Morgan fingerprint density at radius 2 is 1.67 bits per heavy atom. The van der Waals surface area contributed by atoms with Crippen LogP contribution in [0.2, 0.25) is 0 Å². The molecule has 2 aliphatic heterocycles. The van der Waals surface area contributed by atoms with E-state index in [-0.39, 0.29) is 0 Å². The molecule has 4 heteroatoms. The first kappa shape index (κ1) is 17.7. The minimum atomic E-state index is 0.408. The number of fused-ring (bicyclic) bond motifs is 6. The van der Waals surface area contributed by atoms with Crippen molar-refractivity contribution in [1.29, 1.82) is 0 Å². The fraction of sp³-hybridized carbons (Fsp3) is 1.00. The summed E-state index contributed by atoms with van der Waals surface area (Å²) in [4.78, 5) is 2.50. The van der Waals surface area contributed by atoms with Gasteiger partial charge in [-0.3, -0.25) is 0 Å². The molecule has 4 aliphatic carbocycles. The fourth-order valence-electron chi connectivity index (χ4n) is 9.42. The smallest absolute Gasteiger partial charge is 0.0612 e. The molecule has 5 unspecified atom stereocenters. The van der Waals surface area contributed by atoms with Crippen LogP contribution in [0.15, 0.2) is 0 Å². The average molecular weight is 374 g/mol. The van der Waals surface area contributed by atoms with Crippen molar-refractivity contribution in [3.8, 4) is 0 Å². The summed E-state index contributed by atoms with van der Waals surface area (Å²) in [6, 6.07) is 0.885. The summed E-state index contributed by atoms with van der Waals surface area (Å²) in [5.41, 5.74) is 14.6. The summed E-state index contributed by atoms with van der Waals surface area (Å²) in [7, 11) is 2.27. The third-order valence-corrected chi connectivity index (χ3v) is 10.9. The number of ether oxygens (including phenoxy) is 1. The molecule has 2 spiro atoms. The summed E-state index contributed by atoms with van der Waals surface area (Å²) in [5.74, 6) is 4.01. The molecule has 0 amide bonds. The first-order chi connectivity index (χ1) is 13.0. The van der Waals surface area contributed by atoms with E-state index in [0.29, 0.717) is 29.0 Å². The lowest BCUT2D eigenvalue weighted by atomic mass is 9.57. The number of nitrogens with zero attached hydrogens (tertiary/aromatic N) is 1. The molecule has 6 fully saturated rings. The Morgan fingerprint density at radius 1 is 0.889 bits per heavy atom. The van der Waals surface area contributed by atoms with E-state index in [1.165, 1.54) is 70.9 Å². The van der Waals surface area contributed by atoms with Crippen molar-refractivity contribution in [3.05, 3.63) is 0 Å². The Labute approximate surface area is 164 Å². The minimum Gasteiger partial charge on any atom is -0.378 e. The maximum Gasteiger partial charge on any atom is 0.0612 e. The lowest BCUT2D eigenvalue weighted by molar-refractivity contribution is -0.125. The van der Waals surface area contributed by atoms with Gasteiger partial charge in [-0.1, -0.05) is 0 Å². The predicted octanol–water partition coefficient (Wildman–Crippen LogP) is 2.60. The number of rotatable bonds is 1. The predicted molar refractivity (Wildman–Crippen MR) is 107 cm³/mol. The van der Waals surface area contributed by atoms with E-state index < -0.39 is 0 Å². The normalized spacial score (nSPS) is 56.6. The highest BCUT2D eigenvalue weighted by atomic mass is 16.5. The molecule has 2 heterocycles. The SMILES string of the molecule is CN1CCC2(CC1)C1C[C@@H](CC1C1CC3(CCO1)C1CC[C@H](C1)[C@H]3N)[C@H]2N. The van der Waals surface area contributed by atoms with Gasteiger partial charge < -0.3 is 21.1 Å². The largest absolute Gasteiger partial charge is 0.378 e. The molecule has 6 aliphatic rings. The maximum atomic E-state index is 6.87. The van der Waals surface area contributed by atoms with Crippen molar-refractivity contribution in [3.63, 3.8) is 0 Å². The molecular weight excluding hydrogens is 334 g/mol. The van der Waals surface area contributed by atoms with E-state index in [9.17, 15) is 0 Å². The topological polar surface area (TPSA) is 64.5 Å². The highest BCUT2D eigenvalue weighted by Gasteiger charge is 2.64. The Morgan fingerprint density at radius 3 is 2.37 bits per heavy atom. The van der Waals surface area contributed by atoms with Gasteiger partial charge in [-0.15, -0.1) is 0 Å². The molecule has 9 atom stereocenters. The monoisotopic (exact) mass is 373 g/mol. The maximum absolute atomic E-state index is 6.87. The summed E-state index contributed by atoms with van der Waals surface area (Å²) < 4.78 is 6.54. The number of likely N-dealkylation sites (tertiary alicyclic amines) is 1. The van der Waals surface area contributed by atoms with Gasteiger partial charge in [0.1, 0.15) is 0 Å². The lowest BCUT2D eigenvalue weighted by Gasteiger charge is -2.54. The molecule has 4 nitrogen and oxygen atoms in total. The van der Waals surface area contributed by atoms with Crippen LogP contribution in [0.3, 0.4) is 0 Å². The van der Waals surface area contributed by atoms with Crippen LogP contribution in [0.5, 0.6) is 0 Å². The molecule has 4 bridgehead atoms. The fourth-order valence-corrected chi connectivity index (χ4v) is 9.42. The van der Waals surface area contributed by atoms with Gasteiger partial charge in [-0.25, -0.2) is 0 Å². The van der Waals surface area contributed by atoms with Gasteiger partial charge in [0.05, 0.1) is 6.10 Å². The zero-order chi connectivity index (χ0) is 18.4. The van der Waals surface area contributed by atoms with Crippen molar-refractivity contribution >= 4 is 0 Å². The van der Waals surface area contributed by atoms with Crippen LogP contribution in [-0.4, -0.2) is 49.8 Å². The third-order valence-electron chi connectivity index (χ3n) is 10.9. The summed E-state index contributed by atoms with van der Waals surface area (Å²) in [6.45, 7) is 3.42. The van der Waals surface area contributed by atoms with Gasteiger partial charge in [0.2, 0.25) is 0 Å². The number of hydrogen-bond donors (Lipinski definition) is 2. The van der Waals surface area contributed by atoms with Crippen LogP contribution >= 0.6 is 0 Å². The van der Waals surface area contributed by atoms with Crippen molar-refractivity contribution in [1.82, 2.24) is 4.90 Å². The molecule has 6 rings (SSSR count). The average Bonchev–Trinajstić information content (AvgIpc) is 3.43. The first-order valence-corrected chi connectivity index (χ1v) is 11.8. The zero-order valence-corrected chi connectivity index (χ0v) is 17.1. The summed E-state index contributed by atoms with van der Waals surface area (Å²) >= 11 is 0. The molecule has 2 saturated heterocycles. The van der Waals surface area contributed by atoms with Crippen LogP contribution < -0.4 is 11.5 Å². The van der Waals surface area contributed by atoms with Crippen molar-refractivity contribution < 1.29 is 4.74 Å². The Kier molecular flexibility index (Phi) is 3.88. The molecule has 0 aromatic rings. The number of hydrogen-bond acceptors (Lipinski definition) is 4. The van der Waals surface area contributed by atoms with Crippen LogP contribution in [0, 0.1) is 40.4 Å².